The average molecular weight is 307 g/mol. The van der Waals surface area contributed by atoms with Gasteiger partial charge in [-0.3, -0.25) is 4.79 Å². The molecule has 0 atom stereocenters. The van der Waals surface area contributed by atoms with Crippen molar-refractivity contribution in [2.75, 3.05) is 6.61 Å². The lowest BCUT2D eigenvalue weighted by atomic mass is 9.94. The van der Waals surface area contributed by atoms with Gasteiger partial charge in [0.25, 0.3) is 5.56 Å². The maximum Gasteiger partial charge on any atom is 0.340 e. The molecule has 0 fully saturated rings. The third-order valence-electron chi connectivity index (χ3n) is 3.30. The van der Waals surface area contributed by atoms with Crippen molar-refractivity contribution in [1.29, 1.82) is 10.5 Å². The fourth-order valence-corrected chi connectivity index (χ4v) is 2.29. The van der Waals surface area contributed by atoms with Gasteiger partial charge in [0.1, 0.15) is 11.6 Å². The van der Waals surface area contributed by atoms with Crippen molar-refractivity contribution in [3.8, 4) is 23.3 Å². The van der Waals surface area contributed by atoms with Gasteiger partial charge in [0, 0.05) is 11.3 Å². The number of H-pyrrole nitrogens is 1. The van der Waals surface area contributed by atoms with Crippen molar-refractivity contribution in [1.82, 2.24) is 4.98 Å². The molecule has 0 aliphatic heterocycles. The van der Waals surface area contributed by atoms with E-state index in [1.807, 2.05) is 12.1 Å². The maximum absolute atomic E-state index is 12.3. The Morgan fingerprint density at radius 2 is 1.87 bits per heavy atom. The second-order valence-electron chi connectivity index (χ2n) is 4.73. The highest BCUT2D eigenvalue weighted by molar-refractivity contribution is 5.99. The lowest BCUT2D eigenvalue weighted by molar-refractivity contribution is 0.0526. The van der Waals surface area contributed by atoms with E-state index in [4.69, 9.17) is 10.00 Å². The molecule has 1 aromatic heterocycles. The summed E-state index contributed by atoms with van der Waals surface area (Å²) < 4.78 is 5.03. The van der Waals surface area contributed by atoms with Crippen LogP contribution in [0, 0.1) is 29.6 Å². The zero-order valence-electron chi connectivity index (χ0n) is 12.6. The van der Waals surface area contributed by atoms with Gasteiger partial charge in [-0.05, 0) is 31.5 Å². The molecule has 0 amide bonds. The second-order valence-corrected chi connectivity index (χ2v) is 4.73. The molecule has 6 nitrogen and oxygen atoms in total. The van der Waals surface area contributed by atoms with Gasteiger partial charge >= 0.3 is 5.97 Å². The van der Waals surface area contributed by atoms with Crippen LogP contribution in [0.4, 0.5) is 0 Å². The molecule has 2 rings (SSSR count). The van der Waals surface area contributed by atoms with E-state index in [-0.39, 0.29) is 23.3 Å². The molecule has 0 saturated heterocycles. The minimum absolute atomic E-state index is 0.146. The first-order valence-electron chi connectivity index (χ1n) is 6.88. The van der Waals surface area contributed by atoms with Crippen LogP contribution in [0.25, 0.3) is 11.1 Å². The number of ether oxygens (including phenoxy) is 1. The summed E-state index contributed by atoms with van der Waals surface area (Å²) in [7, 11) is 0. The molecule has 1 N–H and O–H groups in total. The van der Waals surface area contributed by atoms with E-state index in [0.717, 1.165) is 0 Å². The Morgan fingerprint density at radius 1 is 1.22 bits per heavy atom. The number of nitrogens with one attached hydrogen (secondary N) is 1. The monoisotopic (exact) mass is 307 g/mol. The summed E-state index contributed by atoms with van der Waals surface area (Å²) in [5.41, 5.74) is 0.890. The Morgan fingerprint density at radius 3 is 2.39 bits per heavy atom. The Hall–Kier alpha value is -3.38. The first-order valence-corrected chi connectivity index (χ1v) is 6.88. The molecule has 1 heterocycles. The van der Waals surface area contributed by atoms with E-state index in [1.54, 1.807) is 38.1 Å². The lowest BCUT2D eigenvalue weighted by Gasteiger charge is -2.13. The van der Waals surface area contributed by atoms with E-state index >= 15 is 0 Å². The van der Waals surface area contributed by atoms with E-state index in [2.05, 4.69) is 4.98 Å². The van der Waals surface area contributed by atoms with Crippen LogP contribution in [0.15, 0.2) is 29.1 Å². The van der Waals surface area contributed by atoms with Crippen LogP contribution in [-0.4, -0.2) is 17.6 Å². The van der Waals surface area contributed by atoms with Gasteiger partial charge in [-0.1, -0.05) is 12.1 Å². The van der Waals surface area contributed by atoms with E-state index < -0.39 is 11.5 Å². The van der Waals surface area contributed by atoms with Crippen LogP contribution in [0.5, 0.6) is 0 Å². The molecule has 0 unspecified atom stereocenters. The predicted molar refractivity (Wildman–Crippen MR) is 82.6 cm³/mol. The highest BCUT2D eigenvalue weighted by atomic mass is 16.5. The highest BCUT2D eigenvalue weighted by Crippen LogP contribution is 2.28. The van der Waals surface area contributed by atoms with Gasteiger partial charge in [0.05, 0.1) is 23.8 Å². The summed E-state index contributed by atoms with van der Waals surface area (Å²) in [5.74, 6) is -0.614. The fourth-order valence-electron chi connectivity index (χ4n) is 2.29. The van der Waals surface area contributed by atoms with Crippen molar-refractivity contribution >= 4 is 5.97 Å². The topological polar surface area (TPSA) is 107 Å². The third-order valence-corrected chi connectivity index (χ3v) is 3.30. The number of nitriles is 2. The normalized spacial score (nSPS) is 9.74. The number of pyridine rings is 1. The van der Waals surface area contributed by atoms with Gasteiger partial charge < -0.3 is 9.72 Å². The van der Waals surface area contributed by atoms with E-state index in [9.17, 15) is 14.9 Å². The van der Waals surface area contributed by atoms with Crippen molar-refractivity contribution in [3.63, 3.8) is 0 Å². The smallest absolute Gasteiger partial charge is 0.340 e. The number of hydrogen-bond acceptors (Lipinski definition) is 5. The van der Waals surface area contributed by atoms with Crippen molar-refractivity contribution in [2.45, 2.75) is 13.8 Å². The molecule has 0 aliphatic carbocycles. The highest BCUT2D eigenvalue weighted by Gasteiger charge is 2.23. The quantitative estimate of drug-likeness (QED) is 0.875. The van der Waals surface area contributed by atoms with Crippen LogP contribution >= 0.6 is 0 Å². The molecule has 0 saturated carbocycles. The molecular formula is C17H13N3O3. The molecule has 114 valence electrons. The zero-order valence-corrected chi connectivity index (χ0v) is 12.6. The molecule has 0 aliphatic rings. The van der Waals surface area contributed by atoms with E-state index in [1.165, 1.54) is 0 Å². The second kappa shape index (κ2) is 6.59. The standard InChI is InChI=1S/C17H13N3O3/c1-3-23-17(22)14-10(2)20-16(21)13(9-19)15(14)12-6-4-11(8-18)5-7-12/h4-7H,3H2,1-2H3,(H,20,21). The number of rotatable bonds is 3. The SMILES string of the molecule is CCOC(=O)c1c(C)[nH]c(=O)c(C#N)c1-c1ccc(C#N)cc1. The Kier molecular flexibility index (Phi) is 4.58. The maximum atomic E-state index is 12.3. The van der Waals surface area contributed by atoms with E-state index in [0.29, 0.717) is 16.8 Å². The Bertz CT molecular complexity index is 897. The summed E-state index contributed by atoms with van der Waals surface area (Å²) in [6.45, 7) is 3.42. The van der Waals surface area contributed by atoms with Crippen LogP contribution in [0.2, 0.25) is 0 Å². The van der Waals surface area contributed by atoms with Crippen molar-refractivity contribution in [2.24, 2.45) is 0 Å². The third kappa shape index (κ3) is 2.97. The molecular weight excluding hydrogens is 294 g/mol. The number of hydrogen-bond donors (Lipinski definition) is 1. The fraction of sp³-hybridized carbons (Fsp3) is 0.176. The molecule has 6 heteroatoms. The Labute approximate surface area is 132 Å². The first-order chi connectivity index (χ1) is 11.0. The predicted octanol–water partition coefficient (Wildman–Crippen LogP) is 2.27. The molecule has 1 aromatic carbocycles. The minimum atomic E-state index is -0.614. The first kappa shape index (κ1) is 16.0. The van der Waals surface area contributed by atoms with Gasteiger partial charge in [-0.25, -0.2) is 4.79 Å². The zero-order chi connectivity index (χ0) is 17.0. The van der Waals surface area contributed by atoms with Crippen molar-refractivity contribution < 1.29 is 9.53 Å². The summed E-state index contributed by atoms with van der Waals surface area (Å²) in [6, 6.07) is 10.1. The molecule has 23 heavy (non-hydrogen) atoms. The van der Waals surface area contributed by atoms with Crippen LogP contribution in [0.1, 0.15) is 34.1 Å². The van der Waals surface area contributed by atoms with Gasteiger partial charge in [-0.2, -0.15) is 10.5 Å². The lowest BCUT2D eigenvalue weighted by Crippen LogP contribution is -2.20. The number of carbonyl (C=O) groups is 1. The van der Waals surface area contributed by atoms with Crippen molar-refractivity contribution in [3.05, 3.63) is 57.0 Å². The number of aromatic nitrogens is 1. The summed E-state index contributed by atoms with van der Waals surface area (Å²) in [5, 5.41) is 18.2. The number of esters is 1. The van der Waals surface area contributed by atoms with Crippen LogP contribution in [0.3, 0.4) is 0 Å². The van der Waals surface area contributed by atoms with Gasteiger partial charge in [0.15, 0.2) is 0 Å². The molecule has 0 radical (unpaired) electrons. The van der Waals surface area contributed by atoms with Gasteiger partial charge in [-0.15, -0.1) is 0 Å². The average Bonchev–Trinajstić information content (AvgIpc) is 2.54. The van der Waals surface area contributed by atoms with Gasteiger partial charge in [0.2, 0.25) is 0 Å². The molecule has 0 bridgehead atoms. The number of aromatic amines is 1. The van der Waals surface area contributed by atoms with Crippen LogP contribution in [-0.2, 0) is 4.74 Å². The number of benzene rings is 1. The number of aryl methyl sites for hydroxylation is 1. The molecule has 0 spiro atoms. The number of nitrogens with zero attached hydrogens (tertiary/aromatic N) is 2. The summed E-state index contributed by atoms with van der Waals surface area (Å²) in [4.78, 5) is 26.8. The molecule has 2 aromatic rings. The number of carbonyl (C=O) groups excluding carboxylic acids is 1. The Balaban J connectivity index is 2.82. The van der Waals surface area contributed by atoms with Crippen LogP contribution < -0.4 is 5.56 Å². The summed E-state index contributed by atoms with van der Waals surface area (Å²) in [6.07, 6.45) is 0. The summed E-state index contributed by atoms with van der Waals surface area (Å²) >= 11 is 0. The largest absolute Gasteiger partial charge is 0.462 e. The minimum Gasteiger partial charge on any atom is -0.462 e.